The molecule has 0 heterocycles. The maximum Gasteiger partial charge on any atom is 0.196 e. The zero-order valence-corrected chi connectivity index (χ0v) is 12.1. The van der Waals surface area contributed by atoms with Crippen molar-refractivity contribution in [2.75, 3.05) is 6.66 Å². The van der Waals surface area contributed by atoms with E-state index in [0.717, 1.165) is 0 Å². The minimum atomic E-state index is -0.935. The van der Waals surface area contributed by atoms with Crippen molar-refractivity contribution in [2.24, 2.45) is 0 Å². The molecule has 15 heavy (non-hydrogen) atoms. The van der Waals surface area contributed by atoms with Crippen molar-refractivity contribution in [3.05, 3.63) is 0 Å². The van der Waals surface area contributed by atoms with Crippen LogP contribution in [0.3, 0.4) is 0 Å². The summed E-state index contributed by atoms with van der Waals surface area (Å²) in [6.45, 7) is 17.1. The molecule has 9 heteroatoms. The van der Waals surface area contributed by atoms with Crippen LogP contribution in [-0.4, -0.2) is 40.6 Å². The number of halogens is 2. The van der Waals surface area contributed by atoms with E-state index >= 15 is 0 Å². The van der Waals surface area contributed by atoms with Crippen molar-refractivity contribution >= 4 is 63.1 Å². The van der Waals surface area contributed by atoms with E-state index in [1.54, 1.807) is 6.66 Å². The molecule has 0 radical (unpaired) electrons. The van der Waals surface area contributed by atoms with Gasteiger partial charge in [-0.1, -0.05) is 0 Å². The molecule has 0 fully saturated rings. The quantitative estimate of drug-likeness (QED) is 0.276. The van der Waals surface area contributed by atoms with Gasteiger partial charge >= 0.3 is 0 Å². The van der Waals surface area contributed by atoms with Gasteiger partial charge in [-0.25, -0.2) is 0 Å². The van der Waals surface area contributed by atoms with Crippen LogP contribution in [0.1, 0.15) is 0 Å². The van der Waals surface area contributed by atoms with E-state index in [0.29, 0.717) is 0 Å². The van der Waals surface area contributed by atoms with E-state index in [1.165, 1.54) is 0 Å². The van der Waals surface area contributed by atoms with E-state index in [9.17, 15) is 0 Å². The third-order valence-electron chi connectivity index (χ3n) is 0. The van der Waals surface area contributed by atoms with Gasteiger partial charge in [-0.15, -0.1) is 0 Å². The van der Waals surface area contributed by atoms with E-state index in [2.05, 4.69) is 33.9 Å². The van der Waals surface area contributed by atoms with Gasteiger partial charge in [-0.3, -0.25) is 33.9 Å². The van der Waals surface area contributed by atoms with Crippen LogP contribution in [0.2, 0.25) is 0 Å². The Labute approximate surface area is 114 Å². The summed E-state index contributed by atoms with van der Waals surface area (Å²) in [5.41, 5.74) is 0. The minimum absolute atomic E-state index is 0. The molecule has 0 spiro atoms. The zero-order chi connectivity index (χ0) is 13.6. The van der Waals surface area contributed by atoms with Gasteiger partial charge in [0.05, 0.1) is 6.66 Å². The number of hydrogen-bond donors (Lipinski definition) is 0. The first-order valence-electron chi connectivity index (χ1n) is 2.06. The largest absolute Gasteiger partial charge is 0.545 e. The molecule has 0 rings (SSSR count). The molecule has 0 aliphatic carbocycles. The molecule has 0 saturated heterocycles. The van der Waals surface area contributed by atoms with Crippen molar-refractivity contribution in [3.8, 4) is 0 Å². The van der Waals surface area contributed by atoms with Crippen LogP contribution < -0.4 is 0 Å². The smallest absolute Gasteiger partial charge is 0.196 e. The summed E-state index contributed by atoms with van der Waals surface area (Å²) in [5, 5.41) is 0. The van der Waals surface area contributed by atoms with Crippen LogP contribution >= 0.6 is 29.1 Å². The Morgan fingerprint density at radius 3 is 0.667 bits per heavy atom. The molecule has 0 atom stereocenters. The van der Waals surface area contributed by atoms with Gasteiger partial charge in [0, 0.05) is 21.1 Å². The number of rotatable bonds is 0. The van der Waals surface area contributed by atoms with Crippen molar-refractivity contribution in [1.29, 1.82) is 0 Å². The molecule has 0 aliphatic rings. The minimum Gasteiger partial charge on any atom is -0.545 e. The third-order valence-corrected chi connectivity index (χ3v) is 0. The van der Waals surface area contributed by atoms with Crippen LogP contribution in [0.5, 0.6) is 0 Å². The molecular weight excluding hydrogens is 350 g/mol. The summed E-state index contributed by atoms with van der Waals surface area (Å²) in [4.78, 5) is 38.8. The first kappa shape index (κ1) is 45.8. The normalized spacial score (nSPS) is 3.73. The van der Waals surface area contributed by atoms with Crippen molar-refractivity contribution in [3.63, 3.8) is 0 Å². The Morgan fingerprint density at radius 2 is 0.667 bits per heavy atom. The Balaban J connectivity index is -0.0000000105. The Hall–Kier alpha value is 0.0483. The fourth-order valence-electron chi connectivity index (χ4n) is 0. The molecule has 0 bridgehead atoms. The number of hydrogen-bond acceptors (Lipinski definition) is 5. The second-order valence-electron chi connectivity index (χ2n) is 0.449. The monoisotopic (exact) mass is 360 g/mol. The summed E-state index contributed by atoms with van der Waals surface area (Å²) in [7, 11) is 0. The molecule has 0 unspecified atom stereocenters. The molecule has 5 nitrogen and oxygen atoms in total. The van der Waals surface area contributed by atoms with Crippen LogP contribution in [0.25, 0.3) is 0 Å². The Bertz CT molecular complexity index is 61.1. The summed E-state index contributed by atoms with van der Waals surface area (Å²) < 4.78 is 0. The van der Waals surface area contributed by atoms with Gasteiger partial charge in [-0.05, 0) is 0 Å². The third kappa shape index (κ3) is 874000. The zero-order valence-electron chi connectivity index (χ0n) is 7.59. The standard InChI is InChI=1S/CH3Cl2P.5CHO.Mo/c1-4(2)3;5*1-2;/h1H3;5*1H;/q;5*-1;/p+1. The second kappa shape index (κ2) is 257. The van der Waals surface area contributed by atoms with Gasteiger partial charge in [0.15, 0.2) is 6.63 Å². The summed E-state index contributed by atoms with van der Waals surface area (Å²) in [6.07, 6.45) is 0. The molecule has 0 aromatic heterocycles. The maximum atomic E-state index is 7.75. The summed E-state index contributed by atoms with van der Waals surface area (Å²) in [5.74, 6) is 0. The van der Waals surface area contributed by atoms with Gasteiger partial charge in [0.2, 0.25) is 0 Å². The van der Waals surface area contributed by atoms with Gasteiger partial charge in [0.1, 0.15) is 22.5 Å². The van der Waals surface area contributed by atoms with Gasteiger partial charge in [0.25, 0.3) is 0 Å². The van der Waals surface area contributed by atoms with E-state index in [4.69, 9.17) is 46.5 Å². The van der Waals surface area contributed by atoms with Crippen LogP contribution in [-0.2, 0) is 45.0 Å². The molecule has 0 N–H and O–H groups in total. The fraction of sp³-hybridized carbons (Fsp3) is 0.167. The van der Waals surface area contributed by atoms with E-state index in [-0.39, 0.29) is 21.1 Å². The van der Waals surface area contributed by atoms with E-state index in [1.807, 2.05) is 0 Å². The average Bonchev–Trinajstić information content (AvgIpc) is 2.30. The van der Waals surface area contributed by atoms with Crippen LogP contribution in [0, 0.1) is 0 Å². The molecular formula is C6H9Cl2MoO5P-4. The first-order chi connectivity index (χ1) is 6.73. The first-order valence-corrected chi connectivity index (χ1v) is 6.08. The SMILES string of the molecule is C[PH+](Cl)Cl.[CH-]=O.[CH-]=O.[CH-]=O.[CH-]=O.[CH-]=O.[Mo]. The van der Waals surface area contributed by atoms with Crippen molar-refractivity contribution < 1.29 is 45.0 Å². The second-order valence-corrected chi connectivity index (χ2v) is 5.33. The molecule has 92 valence electrons. The van der Waals surface area contributed by atoms with Crippen molar-refractivity contribution in [2.45, 2.75) is 0 Å². The molecule has 0 aliphatic heterocycles. The average molecular weight is 359 g/mol. The van der Waals surface area contributed by atoms with E-state index < -0.39 is 6.63 Å². The number of carbonyl (C=O) groups excluding carboxylic acids is 5. The predicted molar refractivity (Wildman–Crippen MR) is 59.7 cm³/mol. The van der Waals surface area contributed by atoms with Crippen molar-refractivity contribution in [1.82, 2.24) is 0 Å². The molecule has 0 aromatic rings. The fourth-order valence-corrected chi connectivity index (χ4v) is 0. The molecule has 0 saturated carbocycles. The molecule has 0 aromatic carbocycles. The topological polar surface area (TPSA) is 85.3 Å². The maximum absolute atomic E-state index is 7.75. The Morgan fingerprint density at radius 1 is 0.667 bits per heavy atom. The molecule has 0 amide bonds. The Kier molecular flexibility index (Phi) is 787. The van der Waals surface area contributed by atoms with Gasteiger partial charge < -0.3 is 24.0 Å². The predicted octanol–water partition coefficient (Wildman–Crippen LogP) is 0.765. The van der Waals surface area contributed by atoms with Crippen LogP contribution in [0.15, 0.2) is 0 Å². The van der Waals surface area contributed by atoms with Crippen LogP contribution in [0.4, 0.5) is 0 Å². The summed E-state index contributed by atoms with van der Waals surface area (Å²) >= 11 is 10.3. The summed E-state index contributed by atoms with van der Waals surface area (Å²) in [6, 6.07) is 0. The van der Waals surface area contributed by atoms with Gasteiger partial charge in [-0.2, -0.15) is 0 Å².